The van der Waals surface area contributed by atoms with Gasteiger partial charge in [0.2, 0.25) is 5.91 Å². The summed E-state index contributed by atoms with van der Waals surface area (Å²) < 4.78 is 0. The van der Waals surface area contributed by atoms with Crippen LogP contribution in [0.3, 0.4) is 0 Å². The van der Waals surface area contributed by atoms with E-state index in [1.807, 2.05) is 50.4 Å². The summed E-state index contributed by atoms with van der Waals surface area (Å²) in [5.41, 5.74) is 4.70. The number of hydrogen-bond donors (Lipinski definition) is 0. The molecule has 0 atom stereocenters. The Balaban J connectivity index is 2.03. The van der Waals surface area contributed by atoms with Crippen LogP contribution in [0, 0.1) is 13.8 Å². The van der Waals surface area contributed by atoms with E-state index >= 15 is 0 Å². The van der Waals surface area contributed by atoms with E-state index in [4.69, 9.17) is 0 Å². The molecule has 0 fully saturated rings. The number of benzene rings is 2. The lowest BCUT2D eigenvalue weighted by atomic mass is 10.0. The maximum Gasteiger partial charge on any atom is 0.227 e. The number of nitrogens with zero attached hydrogens (tertiary/aromatic N) is 1. The second-order valence-electron chi connectivity index (χ2n) is 5.28. The fourth-order valence-corrected chi connectivity index (χ4v) is 2.24. The number of amides is 1. The van der Waals surface area contributed by atoms with Crippen LogP contribution in [0.4, 0.5) is 0 Å². The summed E-state index contributed by atoms with van der Waals surface area (Å²) >= 11 is 0. The summed E-state index contributed by atoms with van der Waals surface area (Å²) in [4.78, 5) is 14.1. The molecule has 2 aromatic rings. The van der Waals surface area contributed by atoms with Gasteiger partial charge in [-0.05, 0) is 36.1 Å². The molecule has 2 rings (SSSR count). The van der Waals surface area contributed by atoms with Crippen molar-refractivity contribution in [3.63, 3.8) is 0 Å². The molecule has 20 heavy (non-hydrogen) atoms. The van der Waals surface area contributed by atoms with Gasteiger partial charge in [0.05, 0.1) is 6.42 Å². The average Bonchev–Trinajstić information content (AvgIpc) is 2.43. The van der Waals surface area contributed by atoms with Crippen LogP contribution in [0.5, 0.6) is 0 Å². The lowest BCUT2D eigenvalue weighted by Crippen LogP contribution is -2.28. The molecular weight excluding hydrogens is 246 g/mol. The molecule has 2 aromatic carbocycles. The molecule has 0 bridgehead atoms. The fraction of sp³-hybridized carbons (Fsp3) is 0.278. The van der Waals surface area contributed by atoms with Crippen LogP contribution in [-0.2, 0) is 17.8 Å². The number of carbonyl (C=O) groups excluding carboxylic acids is 1. The van der Waals surface area contributed by atoms with Crippen LogP contribution in [0.15, 0.2) is 48.5 Å². The topological polar surface area (TPSA) is 20.3 Å². The molecule has 0 aromatic heterocycles. The highest BCUT2D eigenvalue weighted by Crippen LogP contribution is 2.12. The van der Waals surface area contributed by atoms with Crippen molar-refractivity contribution in [2.45, 2.75) is 26.8 Å². The maximum absolute atomic E-state index is 12.3. The molecule has 0 saturated carbocycles. The smallest absolute Gasteiger partial charge is 0.227 e. The lowest BCUT2D eigenvalue weighted by Gasteiger charge is -2.19. The summed E-state index contributed by atoms with van der Waals surface area (Å²) in [5, 5.41) is 0. The van der Waals surface area contributed by atoms with E-state index in [0.29, 0.717) is 13.0 Å². The van der Waals surface area contributed by atoms with Crippen LogP contribution < -0.4 is 0 Å². The summed E-state index contributed by atoms with van der Waals surface area (Å²) in [5.74, 6) is 0.155. The predicted octanol–water partition coefficient (Wildman–Crippen LogP) is 3.50. The van der Waals surface area contributed by atoms with Gasteiger partial charge in [-0.1, -0.05) is 48.5 Å². The fourth-order valence-electron chi connectivity index (χ4n) is 2.24. The van der Waals surface area contributed by atoms with Gasteiger partial charge in [-0.25, -0.2) is 0 Å². The van der Waals surface area contributed by atoms with E-state index in [1.54, 1.807) is 4.90 Å². The molecule has 0 heterocycles. The molecule has 104 valence electrons. The second kappa shape index (κ2) is 6.38. The Morgan fingerprint density at radius 3 is 1.95 bits per heavy atom. The van der Waals surface area contributed by atoms with Gasteiger partial charge in [-0.3, -0.25) is 4.79 Å². The normalized spacial score (nSPS) is 10.3. The highest BCUT2D eigenvalue weighted by Gasteiger charge is 2.12. The van der Waals surface area contributed by atoms with Gasteiger partial charge in [0.1, 0.15) is 0 Å². The van der Waals surface area contributed by atoms with E-state index in [9.17, 15) is 4.79 Å². The Morgan fingerprint density at radius 2 is 1.40 bits per heavy atom. The Bertz CT molecular complexity index is 604. The van der Waals surface area contributed by atoms with Crippen LogP contribution in [0.25, 0.3) is 0 Å². The lowest BCUT2D eigenvalue weighted by molar-refractivity contribution is -0.129. The van der Waals surface area contributed by atoms with Crippen molar-refractivity contribution < 1.29 is 4.79 Å². The number of aryl methyl sites for hydroxylation is 2. The Hall–Kier alpha value is -2.09. The van der Waals surface area contributed by atoms with Crippen molar-refractivity contribution in [1.29, 1.82) is 0 Å². The van der Waals surface area contributed by atoms with Gasteiger partial charge in [0.15, 0.2) is 0 Å². The third-order valence-corrected chi connectivity index (χ3v) is 3.70. The Kier molecular flexibility index (Phi) is 4.57. The molecule has 0 N–H and O–H groups in total. The van der Waals surface area contributed by atoms with Crippen LogP contribution in [0.1, 0.15) is 22.3 Å². The number of hydrogen-bond acceptors (Lipinski definition) is 1. The monoisotopic (exact) mass is 267 g/mol. The molecule has 0 unspecified atom stereocenters. The zero-order chi connectivity index (χ0) is 14.5. The van der Waals surface area contributed by atoms with Crippen molar-refractivity contribution in [1.82, 2.24) is 4.90 Å². The molecular formula is C18H21NO. The molecule has 0 saturated heterocycles. The number of likely N-dealkylation sites (N-methyl/N-ethyl adjacent to an activating group) is 1. The third-order valence-electron chi connectivity index (χ3n) is 3.70. The van der Waals surface area contributed by atoms with Gasteiger partial charge in [-0.15, -0.1) is 0 Å². The van der Waals surface area contributed by atoms with Gasteiger partial charge >= 0.3 is 0 Å². The molecule has 0 aliphatic carbocycles. The first-order valence-corrected chi connectivity index (χ1v) is 6.91. The summed E-state index contributed by atoms with van der Waals surface area (Å²) in [7, 11) is 1.87. The quantitative estimate of drug-likeness (QED) is 0.830. The van der Waals surface area contributed by atoms with Crippen molar-refractivity contribution >= 4 is 5.91 Å². The van der Waals surface area contributed by atoms with Crippen molar-refractivity contribution in [2.24, 2.45) is 0 Å². The van der Waals surface area contributed by atoms with E-state index in [1.165, 1.54) is 16.7 Å². The molecule has 0 radical (unpaired) electrons. The Morgan fingerprint density at radius 1 is 0.900 bits per heavy atom. The van der Waals surface area contributed by atoms with E-state index < -0.39 is 0 Å². The first-order valence-electron chi connectivity index (χ1n) is 6.91. The zero-order valence-electron chi connectivity index (χ0n) is 12.4. The van der Waals surface area contributed by atoms with E-state index in [0.717, 1.165) is 5.56 Å². The van der Waals surface area contributed by atoms with Crippen LogP contribution in [-0.4, -0.2) is 17.9 Å². The number of carbonyl (C=O) groups is 1. The molecule has 0 aliphatic heterocycles. The first kappa shape index (κ1) is 14.3. The van der Waals surface area contributed by atoms with Crippen molar-refractivity contribution in [3.05, 3.63) is 70.8 Å². The van der Waals surface area contributed by atoms with Crippen molar-refractivity contribution in [2.75, 3.05) is 7.05 Å². The Labute approximate surface area is 121 Å². The molecule has 0 spiro atoms. The molecule has 2 heteroatoms. The highest BCUT2D eigenvalue weighted by atomic mass is 16.2. The van der Waals surface area contributed by atoms with Crippen molar-refractivity contribution in [3.8, 4) is 0 Å². The summed E-state index contributed by atoms with van der Waals surface area (Å²) in [6, 6.07) is 16.2. The van der Waals surface area contributed by atoms with Gasteiger partial charge in [0, 0.05) is 13.6 Å². The van der Waals surface area contributed by atoms with Gasteiger partial charge in [-0.2, -0.15) is 0 Å². The first-order chi connectivity index (χ1) is 9.58. The highest BCUT2D eigenvalue weighted by molar-refractivity contribution is 5.78. The largest absolute Gasteiger partial charge is 0.341 e. The second-order valence-corrected chi connectivity index (χ2v) is 5.28. The summed E-state index contributed by atoms with van der Waals surface area (Å²) in [6.45, 7) is 4.79. The predicted molar refractivity (Wildman–Crippen MR) is 82.5 cm³/mol. The van der Waals surface area contributed by atoms with Crippen LogP contribution >= 0.6 is 0 Å². The maximum atomic E-state index is 12.3. The minimum Gasteiger partial charge on any atom is -0.341 e. The minimum absolute atomic E-state index is 0.155. The van der Waals surface area contributed by atoms with E-state index in [-0.39, 0.29) is 5.91 Å². The zero-order valence-corrected chi connectivity index (χ0v) is 12.4. The molecule has 0 aliphatic rings. The summed E-state index contributed by atoms with van der Waals surface area (Å²) in [6.07, 6.45) is 0.467. The van der Waals surface area contributed by atoms with Gasteiger partial charge in [0.25, 0.3) is 0 Å². The van der Waals surface area contributed by atoms with Crippen LogP contribution in [0.2, 0.25) is 0 Å². The standard InChI is InChI=1S/C18H21NO/c1-14-8-4-6-10-16(14)12-18(20)19(3)13-17-11-7-5-9-15(17)2/h4-11H,12-13H2,1-3H3. The van der Waals surface area contributed by atoms with E-state index in [2.05, 4.69) is 19.1 Å². The van der Waals surface area contributed by atoms with Gasteiger partial charge < -0.3 is 4.90 Å². The SMILES string of the molecule is Cc1ccccc1CC(=O)N(C)Cc1ccccc1C. The molecule has 2 nitrogen and oxygen atoms in total. The average molecular weight is 267 g/mol. The number of rotatable bonds is 4. The minimum atomic E-state index is 0.155. The third kappa shape index (κ3) is 3.47. The molecule has 1 amide bonds.